The van der Waals surface area contributed by atoms with E-state index in [1.165, 1.54) is 0 Å². The standard InChI is InChI=1S/C14H22N4O/c1-10(18(4)5)16-11-6-8-12(9-7-11)17-13(19)14(2,3)15/h6-9H,15H2,1-5H3,(H,17,19)/b16-10+. The van der Waals surface area contributed by atoms with Gasteiger partial charge in [-0.3, -0.25) is 4.79 Å². The molecule has 0 bridgehead atoms. The van der Waals surface area contributed by atoms with Gasteiger partial charge < -0.3 is 16.0 Å². The molecule has 0 aliphatic rings. The average molecular weight is 262 g/mol. The summed E-state index contributed by atoms with van der Waals surface area (Å²) in [6, 6.07) is 7.33. The van der Waals surface area contributed by atoms with Gasteiger partial charge in [-0.15, -0.1) is 0 Å². The van der Waals surface area contributed by atoms with E-state index in [0.29, 0.717) is 5.69 Å². The van der Waals surface area contributed by atoms with E-state index in [9.17, 15) is 4.79 Å². The first-order valence-corrected chi connectivity index (χ1v) is 6.13. The number of nitrogens with two attached hydrogens (primary N) is 1. The van der Waals surface area contributed by atoms with E-state index in [1.54, 1.807) is 13.8 Å². The summed E-state index contributed by atoms with van der Waals surface area (Å²) < 4.78 is 0. The molecular weight excluding hydrogens is 240 g/mol. The molecule has 1 aromatic carbocycles. The smallest absolute Gasteiger partial charge is 0.243 e. The van der Waals surface area contributed by atoms with Crippen molar-refractivity contribution >= 4 is 23.1 Å². The summed E-state index contributed by atoms with van der Waals surface area (Å²) in [5.41, 5.74) is 6.38. The van der Waals surface area contributed by atoms with Crippen molar-refractivity contribution in [1.29, 1.82) is 0 Å². The van der Waals surface area contributed by atoms with Crippen LogP contribution in [0.4, 0.5) is 11.4 Å². The fourth-order valence-electron chi connectivity index (χ4n) is 1.20. The second kappa shape index (κ2) is 5.84. The topological polar surface area (TPSA) is 70.7 Å². The summed E-state index contributed by atoms with van der Waals surface area (Å²) in [5, 5.41) is 2.76. The normalized spacial score (nSPS) is 12.2. The number of nitrogens with one attached hydrogen (secondary N) is 1. The highest BCUT2D eigenvalue weighted by molar-refractivity contribution is 5.97. The molecule has 0 aliphatic carbocycles. The molecule has 0 fully saturated rings. The summed E-state index contributed by atoms with van der Waals surface area (Å²) in [4.78, 5) is 18.1. The second-order valence-corrected chi connectivity index (χ2v) is 5.28. The van der Waals surface area contributed by atoms with Crippen molar-refractivity contribution < 1.29 is 4.79 Å². The summed E-state index contributed by atoms with van der Waals surface area (Å²) >= 11 is 0. The van der Waals surface area contributed by atoms with Gasteiger partial charge in [-0.1, -0.05) is 0 Å². The molecule has 1 aromatic rings. The zero-order valence-corrected chi connectivity index (χ0v) is 12.2. The molecular formula is C14H22N4O. The predicted octanol–water partition coefficient (Wildman–Crippen LogP) is 1.97. The van der Waals surface area contributed by atoms with Crippen molar-refractivity contribution in [3.8, 4) is 0 Å². The van der Waals surface area contributed by atoms with Crippen molar-refractivity contribution in [3.05, 3.63) is 24.3 Å². The Morgan fingerprint density at radius 2 is 1.79 bits per heavy atom. The molecule has 1 amide bonds. The van der Waals surface area contributed by atoms with E-state index in [1.807, 2.05) is 50.2 Å². The summed E-state index contributed by atoms with van der Waals surface area (Å²) in [5.74, 6) is 0.702. The van der Waals surface area contributed by atoms with Crippen LogP contribution in [-0.2, 0) is 4.79 Å². The lowest BCUT2D eigenvalue weighted by Crippen LogP contribution is -2.45. The number of carbonyl (C=O) groups excluding carboxylic acids is 1. The Hall–Kier alpha value is -1.88. The summed E-state index contributed by atoms with van der Waals surface area (Å²) in [6.45, 7) is 5.27. The molecule has 0 unspecified atom stereocenters. The van der Waals surface area contributed by atoms with Crippen LogP contribution in [-0.4, -0.2) is 36.3 Å². The number of amides is 1. The fourth-order valence-corrected chi connectivity index (χ4v) is 1.20. The van der Waals surface area contributed by atoms with Gasteiger partial charge >= 0.3 is 0 Å². The maximum absolute atomic E-state index is 11.7. The van der Waals surface area contributed by atoms with Crippen LogP contribution < -0.4 is 11.1 Å². The Bertz CT molecular complexity index is 469. The first kappa shape index (κ1) is 15.2. The van der Waals surface area contributed by atoms with Crippen molar-refractivity contribution in [3.63, 3.8) is 0 Å². The van der Waals surface area contributed by atoms with Gasteiger partial charge in [0.25, 0.3) is 0 Å². The Balaban J connectivity index is 2.78. The van der Waals surface area contributed by atoms with Crippen LogP contribution in [0.15, 0.2) is 29.3 Å². The minimum atomic E-state index is -0.891. The first-order valence-electron chi connectivity index (χ1n) is 6.13. The Labute approximate surface area is 114 Å². The predicted molar refractivity (Wildman–Crippen MR) is 79.8 cm³/mol. The van der Waals surface area contributed by atoms with Crippen LogP contribution in [0.2, 0.25) is 0 Å². The molecule has 0 atom stereocenters. The molecule has 0 radical (unpaired) electrons. The average Bonchev–Trinajstić information content (AvgIpc) is 2.30. The summed E-state index contributed by atoms with van der Waals surface area (Å²) in [6.07, 6.45) is 0. The molecule has 1 rings (SSSR count). The zero-order valence-electron chi connectivity index (χ0n) is 12.2. The lowest BCUT2D eigenvalue weighted by molar-refractivity contribution is -0.120. The van der Waals surface area contributed by atoms with Gasteiger partial charge in [0, 0.05) is 19.8 Å². The minimum absolute atomic E-state index is 0.215. The van der Waals surface area contributed by atoms with E-state index >= 15 is 0 Å². The molecule has 0 aromatic heterocycles. The third-order valence-corrected chi connectivity index (χ3v) is 2.65. The Morgan fingerprint density at radius 1 is 1.26 bits per heavy atom. The number of rotatable bonds is 3. The van der Waals surface area contributed by atoms with E-state index in [0.717, 1.165) is 11.5 Å². The number of nitrogens with zero attached hydrogens (tertiary/aromatic N) is 2. The van der Waals surface area contributed by atoms with E-state index in [2.05, 4.69) is 10.3 Å². The van der Waals surface area contributed by atoms with Gasteiger partial charge in [0.1, 0.15) is 5.84 Å². The molecule has 19 heavy (non-hydrogen) atoms. The van der Waals surface area contributed by atoms with Gasteiger partial charge in [0.15, 0.2) is 0 Å². The molecule has 5 heteroatoms. The van der Waals surface area contributed by atoms with E-state index in [-0.39, 0.29) is 5.91 Å². The first-order chi connectivity index (χ1) is 8.70. The Kier molecular flexibility index (Phi) is 4.67. The lowest BCUT2D eigenvalue weighted by Gasteiger charge is -2.17. The van der Waals surface area contributed by atoms with Crippen molar-refractivity contribution in [2.24, 2.45) is 10.7 Å². The molecule has 0 heterocycles. The number of benzene rings is 1. The van der Waals surface area contributed by atoms with Gasteiger partial charge in [-0.25, -0.2) is 4.99 Å². The molecule has 104 valence electrons. The number of hydrogen-bond acceptors (Lipinski definition) is 3. The SMILES string of the molecule is C/C(=N\c1ccc(NC(=O)C(C)(C)N)cc1)N(C)C. The number of anilines is 1. The van der Waals surface area contributed by atoms with Crippen LogP contribution in [0.3, 0.4) is 0 Å². The maximum atomic E-state index is 11.7. The monoisotopic (exact) mass is 262 g/mol. The second-order valence-electron chi connectivity index (χ2n) is 5.28. The quantitative estimate of drug-likeness (QED) is 0.646. The van der Waals surface area contributed by atoms with Crippen LogP contribution in [0.25, 0.3) is 0 Å². The highest BCUT2D eigenvalue weighted by atomic mass is 16.2. The van der Waals surface area contributed by atoms with Crippen LogP contribution in [0.1, 0.15) is 20.8 Å². The maximum Gasteiger partial charge on any atom is 0.243 e. The lowest BCUT2D eigenvalue weighted by atomic mass is 10.1. The Morgan fingerprint density at radius 3 is 2.21 bits per heavy atom. The van der Waals surface area contributed by atoms with Gasteiger partial charge in [0.2, 0.25) is 5.91 Å². The highest BCUT2D eigenvalue weighted by Crippen LogP contribution is 2.17. The zero-order chi connectivity index (χ0) is 14.6. The van der Waals surface area contributed by atoms with E-state index < -0.39 is 5.54 Å². The van der Waals surface area contributed by atoms with Crippen LogP contribution in [0.5, 0.6) is 0 Å². The van der Waals surface area contributed by atoms with Crippen molar-refractivity contribution in [2.45, 2.75) is 26.3 Å². The van der Waals surface area contributed by atoms with Crippen molar-refractivity contribution in [2.75, 3.05) is 19.4 Å². The molecule has 0 saturated heterocycles. The van der Waals surface area contributed by atoms with Gasteiger partial charge in [0.05, 0.1) is 11.2 Å². The fraction of sp³-hybridized carbons (Fsp3) is 0.429. The van der Waals surface area contributed by atoms with Crippen molar-refractivity contribution in [1.82, 2.24) is 4.90 Å². The molecule has 5 nitrogen and oxygen atoms in total. The molecule has 0 spiro atoms. The number of aliphatic imine (C=N–C) groups is 1. The minimum Gasteiger partial charge on any atom is -0.366 e. The van der Waals surface area contributed by atoms with Gasteiger partial charge in [-0.05, 0) is 45.0 Å². The highest BCUT2D eigenvalue weighted by Gasteiger charge is 2.21. The number of carbonyl (C=O) groups is 1. The van der Waals surface area contributed by atoms with Crippen LogP contribution >= 0.6 is 0 Å². The van der Waals surface area contributed by atoms with E-state index in [4.69, 9.17) is 5.73 Å². The van der Waals surface area contributed by atoms with Gasteiger partial charge in [-0.2, -0.15) is 0 Å². The molecule has 3 N–H and O–H groups in total. The van der Waals surface area contributed by atoms with Crippen LogP contribution in [0, 0.1) is 0 Å². The number of amidine groups is 1. The molecule has 0 saturated carbocycles. The third kappa shape index (κ3) is 4.71. The molecule has 0 aliphatic heterocycles. The number of hydrogen-bond donors (Lipinski definition) is 2. The largest absolute Gasteiger partial charge is 0.366 e. The summed E-state index contributed by atoms with van der Waals surface area (Å²) in [7, 11) is 3.88. The third-order valence-electron chi connectivity index (χ3n) is 2.65.